The second-order valence-electron chi connectivity index (χ2n) is 6.72. The van der Waals surface area contributed by atoms with Gasteiger partial charge >= 0.3 is 0 Å². The van der Waals surface area contributed by atoms with E-state index in [0.717, 1.165) is 31.4 Å². The molecule has 1 aromatic carbocycles. The minimum absolute atomic E-state index is 0.0314. The van der Waals surface area contributed by atoms with Crippen LogP contribution in [0, 0.1) is 11.8 Å². The molecule has 5 nitrogen and oxygen atoms in total. The number of ether oxygens (including phenoxy) is 1. The largest absolute Gasteiger partial charge is 0.378 e. The average Bonchev–Trinajstić information content (AvgIpc) is 2.68. The van der Waals surface area contributed by atoms with Gasteiger partial charge in [-0.2, -0.15) is 0 Å². The second-order valence-corrected chi connectivity index (χ2v) is 6.72. The van der Waals surface area contributed by atoms with Gasteiger partial charge in [0.15, 0.2) is 0 Å². The summed E-state index contributed by atoms with van der Waals surface area (Å²) in [6.45, 7) is 2.69. The van der Waals surface area contributed by atoms with Gasteiger partial charge in [-0.1, -0.05) is 18.2 Å². The first kappa shape index (κ1) is 17.0. The van der Waals surface area contributed by atoms with Crippen molar-refractivity contribution in [2.75, 3.05) is 38.3 Å². The minimum Gasteiger partial charge on any atom is -0.378 e. The van der Waals surface area contributed by atoms with E-state index in [1.165, 1.54) is 0 Å². The number of hydrogen-bond acceptors (Lipinski definition) is 3. The fourth-order valence-electron chi connectivity index (χ4n) is 3.68. The van der Waals surface area contributed by atoms with Crippen molar-refractivity contribution in [2.24, 2.45) is 11.8 Å². The molecule has 130 valence electrons. The van der Waals surface area contributed by atoms with E-state index in [9.17, 15) is 9.59 Å². The molecule has 0 atom stereocenters. The highest BCUT2D eigenvalue weighted by Gasteiger charge is 2.33. The lowest BCUT2D eigenvalue weighted by molar-refractivity contribution is -0.141. The normalized spacial score (nSPS) is 24.5. The first-order valence-corrected chi connectivity index (χ1v) is 8.86. The predicted octanol–water partition coefficient (Wildman–Crippen LogP) is 2.31. The standard InChI is InChI=1S/C19H26N2O3/c1-20(17-5-3-2-4-6-17)18(22)15-7-9-16(10-8-15)19(23)21-11-13-24-14-12-21/h2-6,15-16H,7-14H2,1H3. The number of morpholine rings is 1. The zero-order valence-electron chi connectivity index (χ0n) is 14.3. The van der Waals surface area contributed by atoms with E-state index < -0.39 is 0 Å². The van der Waals surface area contributed by atoms with Crippen LogP contribution in [0.3, 0.4) is 0 Å². The van der Waals surface area contributed by atoms with Gasteiger partial charge in [0.25, 0.3) is 0 Å². The lowest BCUT2D eigenvalue weighted by Crippen LogP contribution is -2.45. The Morgan fingerprint density at radius 2 is 1.58 bits per heavy atom. The summed E-state index contributed by atoms with van der Waals surface area (Å²) in [5, 5.41) is 0. The van der Waals surface area contributed by atoms with Gasteiger partial charge in [-0.25, -0.2) is 0 Å². The highest BCUT2D eigenvalue weighted by atomic mass is 16.5. The molecule has 2 amide bonds. The molecule has 0 unspecified atom stereocenters. The van der Waals surface area contributed by atoms with Crippen LogP contribution in [-0.2, 0) is 14.3 Å². The summed E-state index contributed by atoms with van der Waals surface area (Å²) in [5.41, 5.74) is 0.925. The molecule has 1 aliphatic carbocycles. The third kappa shape index (κ3) is 3.78. The molecule has 1 aromatic rings. The summed E-state index contributed by atoms with van der Waals surface area (Å²) in [7, 11) is 1.84. The first-order valence-electron chi connectivity index (χ1n) is 8.86. The van der Waals surface area contributed by atoms with Crippen LogP contribution in [0.1, 0.15) is 25.7 Å². The van der Waals surface area contributed by atoms with Crippen molar-refractivity contribution in [3.63, 3.8) is 0 Å². The molecule has 1 saturated heterocycles. The summed E-state index contributed by atoms with van der Waals surface area (Å²) in [4.78, 5) is 28.9. The van der Waals surface area contributed by atoms with Gasteiger partial charge in [-0.05, 0) is 37.8 Å². The maximum atomic E-state index is 12.7. The van der Waals surface area contributed by atoms with Crippen molar-refractivity contribution >= 4 is 17.5 Å². The lowest BCUT2D eigenvalue weighted by Gasteiger charge is -2.34. The van der Waals surface area contributed by atoms with Crippen molar-refractivity contribution in [1.29, 1.82) is 0 Å². The van der Waals surface area contributed by atoms with Gasteiger partial charge in [0, 0.05) is 37.7 Å². The summed E-state index contributed by atoms with van der Waals surface area (Å²) in [5.74, 6) is 0.525. The SMILES string of the molecule is CN(C(=O)C1CCC(C(=O)N2CCOCC2)CC1)c1ccccc1. The van der Waals surface area contributed by atoms with Crippen LogP contribution in [0.5, 0.6) is 0 Å². The van der Waals surface area contributed by atoms with Gasteiger partial charge in [-0.3, -0.25) is 9.59 Å². The second kappa shape index (κ2) is 7.79. The van der Waals surface area contributed by atoms with E-state index in [-0.39, 0.29) is 23.7 Å². The van der Waals surface area contributed by atoms with Gasteiger partial charge in [0.1, 0.15) is 0 Å². The Bertz CT molecular complexity index is 561. The molecule has 1 heterocycles. The van der Waals surface area contributed by atoms with E-state index in [4.69, 9.17) is 4.74 Å². The maximum absolute atomic E-state index is 12.7. The molecular formula is C19H26N2O3. The van der Waals surface area contributed by atoms with Gasteiger partial charge in [0.2, 0.25) is 11.8 Å². The molecule has 0 bridgehead atoms. The molecular weight excluding hydrogens is 304 g/mol. The predicted molar refractivity (Wildman–Crippen MR) is 92.7 cm³/mol. The van der Waals surface area contributed by atoms with Crippen LogP contribution in [0.15, 0.2) is 30.3 Å². The number of rotatable bonds is 3. The quantitative estimate of drug-likeness (QED) is 0.854. The van der Waals surface area contributed by atoms with Crippen molar-refractivity contribution in [2.45, 2.75) is 25.7 Å². The number of anilines is 1. The van der Waals surface area contributed by atoms with Gasteiger partial charge in [0.05, 0.1) is 13.2 Å². The smallest absolute Gasteiger partial charge is 0.229 e. The molecule has 0 spiro atoms. The maximum Gasteiger partial charge on any atom is 0.229 e. The number of amides is 2. The lowest BCUT2D eigenvalue weighted by atomic mass is 9.80. The van der Waals surface area contributed by atoms with E-state index in [1.54, 1.807) is 4.90 Å². The summed E-state index contributed by atoms with van der Waals surface area (Å²) in [6, 6.07) is 9.73. The highest BCUT2D eigenvalue weighted by molar-refractivity contribution is 5.94. The van der Waals surface area contributed by atoms with E-state index >= 15 is 0 Å². The van der Waals surface area contributed by atoms with Crippen LogP contribution in [-0.4, -0.2) is 50.1 Å². The van der Waals surface area contributed by atoms with Crippen LogP contribution in [0.2, 0.25) is 0 Å². The van der Waals surface area contributed by atoms with Gasteiger partial charge in [-0.15, -0.1) is 0 Å². The van der Waals surface area contributed by atoms with Crippen LogP contribution < -0.4 is 4.90 Å². The molecule has 5 heteroatoms. The summed E-state index contributed by atoms with van der Waals surface area (Å²) in [6.07, 6.45) is 3.23. The number of nitrogens with zero attached hydrogens (tertiary/aromatic N) is 2. The average molecular weight is 330 g/mol. The monoisotopic (exact) mass is 330 g/mol. The number of hydrogen-bond donors (Lipinski definition) is 0. The molecule has 0 N–H and O–H groups in total. The van der Waals surface area contributed by atoms with Crippen molar-refractivity contribution in [3.05, 3.63) is 30.3 Å². The Balaban J connectivity index is 1.53. The van der Waals surface area contributed by atoms with Crippen molar-refractivity contribution in [1.82, 2.24) is 4.90 Å². The Hall–Kier alpha value is -1.88. The van der Waals surface area contributed by atoms with Crippen molar-refractivity contribution in [3.8, 4) is 0 Å². The molecule has 3 rings (SSSR count). The highest BCUT2D eigenvalue weighted by Crippen LogP contribution is 2.32. The number of carbonyl (C=O) groups is 2. The van der Waals surface area contributed by atoms with E-state index in [0.29, 0.717) is 26.3 Å². The molecule has 2 fully saturated rings. The first-order chi connectivity index (χ1) is 11.7. The third-order valence-corrected chi connectivity index (χ3v) is 5.22. The molecule has 0 radical (unpaired) electrons. The van der Waals surface area contributed by atoms with Crippen molar-refractivity contribution < 1.29 is 14.3 Å². The number of para-hydroxylation sites is 1. The molecule has 1 aliphatic heterocycles. The summed E-state index contributed by atoms with van der Waals surface area (Å²) >= 11 is 0. The number of carbonyl (C=O) groups excluding carboxylic acids is 2. The Morgan fingerprint density at radius 1 is 1.00 bits per heavy atom. The Kier molecular flexibility index (Phi) is 5.51. The molecule has 24 heavy (non-hydrogen) atoms. The minimum atomic E-state index is 0.0314. The zero-order chi connectivity index (χ0) is 16.9. The van der Waals surface area contributed by atoms with Crippen LogP contribution in [0.25, 0.3) is 0 Å². The number of benzene rings is 1. The zero-order valence-corrected chi connectivity index (χ0v) is 14.3. The fourth-order valence-corrected chi connectivity index (χ4v) is 3.68. The van der Waals surface area contributed by atoms with Crippen LogP contribution >= 0.6 is 0 Å². The van der Waals surface area contributed by atoms with E-state index in [2.05, 4.69) is 0 Å². The molecule has 0 aromatic heterocycles. The molecule has 2 aliphatic rings. The topological polar surface area (TPSA) is 49.9 Å². The van der Waals surface area contributed by atoms with Gasteiger partial charge < -0.3 is 14.5 Å². The Labute approximate surface area is 143 Å². The molecule has 1 saturated carbocycles. The summed E-state index contributed by atoms with van der Waals surface area (Å²) < 4.78 is 5.31. The van der Waals surface area contributed by atoms with Crippen LogP contribution in [0.4, 0.5) is 5.69 Å². The fraction of sp³-hybridized carbons (Fsp3) is 0.579. The third-order valence-electron chi connectivity index (χ3n) is 5.22. The Morgan fingerprint density at radius 3 is 2.21 bits per heavy atom. The van der Waals surface area contributed by atoms with E-state index in [1.807, 2.05) is 42.3 Å².